The Morgan fingerprint density at radius 2 is 2.12 bits per heavy atom. The lowest BCUT2D eigenvalue weighted by atomic mass is 10.3. The van der Waals surface area contributed by atoms with E-state index < -0.39 is 0 Å². The molecule has 0 fully saturated rings. The SMILES string of the molecule is COCCNCc1ccc(CC(=O)OC)s1. The highest BCUT2D eigenvalue weighted by Gasteiger charge is 2.05. The van der Waals surface area contributed by atoms with E-state index in [1.165, 1.54) is 12.0 Å². The number of methoxy groups -OCH3 is 2. The molecule has 0 saturated heterocycles. The first-order chi connectivity index (χ1) is 7.76. The Morgan fingerprint density at radius 3 is 2.81 bits per heavy atom. The van der Waals surface area contributed by atoms with Gasteiger partial charge in [-0.15, -0.1) is 11.3 Å². The molecule has 0 atom stereocenters. The smallest absolute Gasteiger partial charge is 0.310 e. The molecule has 0 amide bonds. The molecule has 4 nitrogen and oxygen atoms in total. The van der Waals surface area contributed by atoms with E-state index in [0.717, 1.165) is 18.0 Å². The zero-order chi connectivity index (χ0) is 11.8. The first-order valence-corrected chi connectivity index (χ1v) is 5.92. The van der Waals surface area contributed by atoms with Crippen molar-refractivity contribution in [2.45, 2.75) is 13.0 Å². The molecule has 0 unspecified atom stereocenters. The van der Waals surface area contributed by atoms with Crippen molar-refractivity contribution in [1.29, 1.82) is 0 Å². The summed E-state index contributed by atoms with van der Waals surface area (Å²) >= 11 is 1.63. The highest BCUT2D eigenvalue weighted by Crippen LogP contribution is 2.17. The van der Waals surface area contributed by atoms with Crippen LogP contribution < -0.4 is 5.32 Å². The molecule has 1 N–H and O–H groups in total. The van der Waals surface area contributed by atoms with E-state index in [1.807, 2.05) is 12.1 Å². The summed E-state index contributed by atoms with van der Waals surface area (Å²) in [6.07, 6.45) is 0.360. The summed E-state index contributed by atoms with van der Waals surface area (Å²) in [7, 11) is 3.09. The molecular formula is C11H17NO3S. The van der Waals surface area contributed by atoms with Crippen LogP contribution in [0.4, 0.5) is 0 Å². The summed E-state index contributed by atoms with van der Waals surface area (Å²) < 4.78 is 9.54. The van der Waals surface area contributed by atoms with E-state index in [9.17, 15) is 4.79 Å². The van der Waals surface area contributed by atoms with Gasteiger partial charge >= 0.3 is 5.97 Å². The van der Waals surface area contributed by atoms with Gasteiger partial charge in [-0.25, -0.2) is 0 Å². The molecular weight excluding hydrogens is 226 g/mol. The Kier molecular flexibility index (Phi) is 6.07. The normalized spacial score (nSPS) is 10.4. The van der Waals surface area contributed by atoms with Gasteiger partial charge in [0.2, 0.25) is 0 Å². The summed E-state index contributed by atoms with van der Waals surface area (Å²) in [6.45, 7) is 2.36. The standard InChI is InChI=1S/C11H17NO3S/c1-14-6-5-12-8-10-4-3-9(16-10)7-11(13)15-2/h3-4,12H,5-8H2,1-2H3. The van der Waals surface area contributed by atoms with Crippen molar-refractivity contribution in [2.75, 3.05) is 27.4 Å². The van der Waals surface area contributed by atoms with Gasteiger partial charge in [0, 0.05) is 30.0 Å². The van der Waals surface area contributed by atoms with Gasteiger partial charge in [-0.1, -0.05) is 0 Å². The molecule has 0 bridgehead atoms. The van der Waals surface area contributed by atoms with Gasteiger partial charge in [0.15, 0.2) is 0 Å². The van der Waals surface area contributed by atoms with Gasteiger partial charge in [0.25, 0.3) is 0 Å². The van der Waals surface area contributed by atoms with Crippen molar-refractivity contribution in [3.63, 3.8) is 0 Å². The molecule has 0 aromatic carbocycles. The lowest BCUT2D eigenvalue weighted by Crippen LogP contribution is -2.17. The quantitative estimate of drug-likeness (QED) is 0.577. The van der Waals surface area contributed by atoms with Crippen LogP contribution in [0.3, 0.4) is 0 Å². The van der Waals surface area contributed by atoms with Crippen LogP contribution in [0, 0.1) is 0 Å². The molecule has 0 saturated carbocycles. The molecule has 0 aliphatic rings. The molecule has 90 valence electrons. The Balaban J connectivity index is 2.30. The second-order valence-corrected chi connectivity index (χ2v) is 4.54. The molecule has 0 aliphatic carbocycles. The van der Waals surface area contributed by atoms with Crippen LogP contribution >= 0.6 is 11.3 Å². The van der Waals surface area contributed by atoms with Crippen molar-refractivity contribution < 1.29 is 14.3 Å². The topological polar surface area (TPSA) is 47.6 Å². The maximum absolute atomic E-state index is 11.0. The summed E-state index contributed by atoms with van der Waals surface area (Å²) in [5.41, 5.74) is 0. The number of thiophene rings is 1. The summed E-state index contributed by atoms with van der Waals surface area (Å²) in [6, 6.07) is 4.00. The number of hydrogen-bond donors (Lipinski definition) is 1. The van der Waals surface area contributed by atoms with Gasteiger partial charge in [0.1, 0.15) is 0 Å². The van der Waals surface area contributed by atoms with Crippen molar-refractivity contribution >= 4 is 17.3 Å². The molecule has 5 heteroatoms. The van der Waals surface area contributed by atoms with E-state index in [0.29, 0.717) is 13.0 Å². The minimum absolute atomic E-state index is 0.194. The average molecular weight is 243 g/mol. The fourth-order valence-electron chi connectivity index (χ4n) is 1.21. The van der Waals surface area contributed by atoms with Crippen LogP contribution in [-0.4, -0.2) is 33.3 Å². The summed E-state index contributed by atoms with van der Waals surface area (Å²) in [4.78, 5) is 13.3. The molecule has 0 radical (unpaired) electrons. The lowest BCUT2D eigenvalue weighted by Gasteiger charge is -2.00. The van der Waals surface area contributed by atoms with Crippen molar-refractivity contribution in [3.8, 4) is 0 Å². The minimum Gasteiger partial charge on any atom is -0.469 e. The van der Waals surface area contributed by atoms with Crippen LogP contribution in [0.1, 0.15) is 9.75 Å². The molecule has 1 heterocycles. The van der Waals surface area contributed by atoms with Gasteiger partial charge in [-0.05, 0) is 12.1 Å². The highest BCUT2D eigenvalue weighted by atomic mass is 32.1. The maximum atomic E-state index is 11.0. The minimum atomic E-state index is -0.194. The third-order valence-corrected chi connectivity index (χ3v) is 3.13. The fourth-order valence-corrected chi connectivity index (χ4v) is 2.19. The summed E-state index contributed by atoms with van der Waals surface area (Å²) in [5, 5.41) is 3.25. The van der Waals surface area contributed by atoms with E-state index in [1.54, 1.807) is 18.4 Å². The molecule has 1 aromatic heterocycles. The van der Waals surface area contributed by atoms with Gasteiger partial charge in [-0.3, -0.25) is 4.79 Å². The number of esters is 1. The van der Waals surface area contributed by atoms with Crippen LogP contribution in [0.2, 0.25) is 0 Å². The van der Waals surface area contributed by atoms with Crippen molar-refractivity contribution in [1.82, 2.24) is 5.32 Å². The van der Waals surface area contributed by atoms with E-state index in [-0.39, 0.29) is 5.97 Å². The summed E-state index contributed by atoms with van der Waals surface area (Å²) in [5.74, 6) is -0.194. The molecule has 16 heavy (non-hydrogen) atoms. The number of ether oxygens (including phenoxy) is 2. The Morgan fingerprint density at radius 1 is 1.38 bits per heavy atom. The first-order valence-electron chi connectivity index (χ1n) is 5.10. The lowest BCUT2D eigenvalue weighted by molar-refractivity contribution is -0.139. The number of hydrogen-bond acceptors (Lipinski definition) is 5. The van der Waals surface area contributed by atoms with E-state index >= 15 is 0 Å². The molecule has 1 aromatic rings. The Bertz CT molecular complexity index is 325. The second-order valence-electron chi connectivity index (χ2n) is 3.29. The molecule has 0 aliphatic heterocycles. The van der Waals surface area contributed by atoms with Crippen LogP contribution in [0.25, 0.3) is 0 Å². The van der Waals surface area contributed by atoms with Crippen LogP contribution in [0.15, 0.2) is 12.1 Å². The first kappa shape index (κ1) is 13.2. The average Bonchev–Trinajstić information content (AvgIpc) is 2.72. The van der Waals surface area contributed by atoms with Crippen molar-refractivity contribution in [2.24, 2.45) is 0 Å². The number of rotatable bonds is 7. The number of carbonyl (C=O) groups is 1. The maximum Gasteiger partial charge on any atom is 0.310 e. The van der Waals surface area contributed by atoms with Crippen LogP contribution in [-0.2, 0) is 27.2 Å². The van der Waals surface area contributed by atoms with E-state index in [2.05, 4.69) is 10.1 Å². The number of carbonyl (C=O) groups excluding carboxylic acids is 1. The third kappa shape index (κ3) is 4.74. The van der Waals surface area contributed by atoms with Crippen molar-refractivity contribution in [3.05, 3.63) is 21.9 Å². The highest BCUT2D eigenvalue weighted by molar-refractivity contribution is 7.12. The van der Waals surface area contributed by atoms with E-state index in [4.69, 9.17) is 4.74 Å². The van der Waals surface area contributed by atoms with Gasteiger partial charge in [0.05, 0.1) is 20.1 Å². The fraction of sp³-hybridized carbons (Fsp3) is 0.545. The Labute approximate surface area is 99.6 Å². The third-order valence-electron chi connectivity index (χ3n) is 2.05. The second kappa shape index (κ2) is 7.38. The van der Waals surface area contributed by atoms with Gasteiger partial charge < -0.3 is 14.8 Å². The zero-order valence-electron chi connectivity index (χ0n) is 9.62. The predicted molar refractivity (Wildman–Crippen MR) is 63.6 cm³/mol. The number of nitrogens with one attached hydrogen (secondary N) is 1. The zero-order valence-corrected chi connectivity index (χ0v) is 10.4. The Hall–Kier alpha value is -0.910. The predicted octanol–water partition coefficient (Wildman–Crippen LogP) is 1.20. The largest absolute Gasteiger partial charge is 0.469 e. The molecule has 1 rings (SSSR count). The molecule has 0 spiro atoms. The monoisotopic (exact) mass is 243 g/mol. The van der Waals surface area contributed by atoms with Crippen LogP contribution in [0.5, 0.6) is 0 Å². The van der Waals surface area contributed by atoms with Gasteiger partial charge in [-0.2, -0.15) is 0 Å².